The third-order valence-electron chi connectivity index (χ3n) is 2.24. The van der Waals surface area contributed by atoms with E-state index in [1.165, 1.54) is 0 Å². The molecule has 1 amide bonds. The van der Waals surface area contributed by atoms with Gasteiger partial charge in [0, 0.05) is 13.1 Å². The first-order valence-electron chi connectivity index (χ1n) is 4.73. The smallest absolute Gasteiger partial charge is 0.269 e. The van der Waals surface area contributed by atoms with Gasteiger partial charge in [0.25, 0.3) is 5.91 Å². The first-order valence-corrected chi connectivity index (χ1v) is 4.73. The second-order valence-electron chi connectivity index (χ2n) is 3.24. The lowest BCUT2D eigenvalue weighted by atomic mass is 10.3. The van der Waals surface area contributed by atoms with E-state index in [-0.39, 0.29) is 5.69 Å². The number of carbonyl (C=O) groups is 1. The summed E-state index contributed by atoms with van der Waals surface area (Å²) in [6.07, 6.45) is 0. The van der Waals surface area contributed by atoms with E-state index in [2.05, 4.69) is 15.1 Å². The maximum atomic E-state index is 10.8. The standard InChI is InChI=1S/C9H12N4O2/c10-9(14)7-1-2-8(12-11-7)13-3-5-15-6-4-13/h1-2H,3-6H2,(H2,10,14). The van der Waals surface area contributed by atoms with Crippen molar-refractivity contribution in [3.8, 4) is 0 Å². The molecule has 1 aliphatic rings. The molecule has 2 N–H and O–H groups in total. The summed E-state index contributed by atoms with van der Waals surface area (Å²) in [6, 6.07) is 3.33. The molecule has 0 unspecified atom stereocenters. The Morgan fingerprint density at radius 2 is 2.07 bits per heavy atom. The number of ether oxygens (including phenoxy) is 1. The van der Waals surface area contributed by atoms with Crippen LogP contribution >= 0.6 is 0 Å². The first kappa shape index (κ1) is 9.85. The van der Waals surface area contributed by atoms with Gasteiger partial charge in [-0.25, -0.2) is 0 Å². The van der Waals surface area contributed by atoms with Gasteiger partial charge >= 0.3 is 0 Å². The molecular formula is C9H12N4O2. The largest absolute Gasteiger partial charge is 0.378 e. The summed E-state index contributed by atoms with van der Waals surface area (Å²) in [6.45, 7) is 2.98. The van der Waals surface area contributed by atoms with Crippen molar-refractivity contribution in [3.05, 3.63) is 17.8 Å². The molecule has 2 rings (SSSR count). The highest BCUT2D eigenvalue weighted by atomic mass is 16.5. The zero-order chi connectivity index (χ0) is 10.7. The molecule has 1 aromatic rings. The second-order valence-corrected chi connectivity index (χ2v) is 3.24. The van der Waals surface area contributed by atoms with E-state index >= 15 is 0 Å². The summed E-state index contributed by atoms with van der Waals surface area (Å²) < 4.78 is 5.22. The summed E-state index contributed by atoms with van der Waals surface area (Å²) in [5.41, 5.74) is 5.25. The van der Waals surface area contributed by atoms with Gasteiger partial charge in [-0.15, -0.1) is 10.2 Å². The van der Waals surface area contributed by atoms with E-state index in [9.17, 15) is 4.79 Å². The number of nitrogens with two attached hydrogens (primary N) is 1. The lowest BCUT2D eigenvalue weighted by Gasteiger charge is -2.27. The number of nitrogens with zero attached hydrogens (tertiary/aromatic N) is 3. The number of aromatic nitrogens is 2. The lowest BCUT2D eigenvalue weighted by Crippen LogP contribution is -2.37. The predicted octanol–water partition coefficient (Wildman–Crippen LogP) is -0.588. The van der Waals surface area contributed by atoms with Crippen LogP contribution in [0.2, 0.25) is 0 Å². The van der Waals surface area contributed by atoms with Gasteiger partial charge in [-0.2, -0.15) is 0 Å². The number of morpholine rings is 1. The van der Waals surface area contributed by atoms with Crippen LogP contribution in [0.3, 0.4) is 0 Å². The molecule has 1 aliphatic heterocycles. The summed E-state index contributed by atoms with van der Waals surface area (Å²) in [4.78, 5) is 12.8. The number of hydrogen-bond acceptors (Lipinski definition) is 5. The molecule has 0 bridgehead atoms. The van der Waals surface area contributed by atoms with Crippen molar-refractivity contribution in [2.75, 3.05) is 31.2 Å². The van der Waals surface area contributed by atoms with Crippen molar-refractivity contribution >= 4 is 11.7 Å². The average Bonchev–Trinajstić information content (AvgIpc) is 2.30. The Morgan fingerprint density at radius 3 is 2.60 bits per heavy atom. The van der Waals surface area contributed by atoms with Crippen LogP contribution in [0.25, 0.3) is 0 Å². The molecular weight excluding hydrogens is 196 g/mol. The van der Waals surface area contributed by atoms with Gasteiger partial charge in [0.05, 0.1) is 13.2 Å². The van der Waals surface area contributed by atoms with Gasteiger partial charge in [-0.05, 0) is 12.1 Å². The number of carbonyl (C=O) groups excluding carboxylic acids is 1. The van der Waals surface area contributed by atoms with Crippen LogP contribution in [0.15, 0.2) is 12.1 Å². The van der Waals surface area contributed by atoms with E-state index in [1.807, 2.05) is 0 Å². The Kier molecular flexibility index (Phi) is 2.77. The van der Waals surface area contributed by atoms with E-state index in [4.69, 9.17) is 10.5 Å². The van der Waals surface area contributed by atoms with Gasteiger partial charge < -0.3 is 15.4 Å². The molecule has 6 heteroatoms. The lowest BCUT2D eigenvalue weighted by molar-refractivity contribution is 0.0994. The normalized spacial score (nSPS) is 16.4. The van der Waals surface area contributed by atoms with E-state index < -0.39 is 5.91 Å². The Bertz CT molecular complexity index is 346. The Hall–Kier alpha value is -1.69. The fourth-order valence-electron chi connectivity index (χ4n) is 1.42. The van der Waals surface area contributed by atoms with Crippen molar-refractivity contribution in [2.45, 2.75) is 0 Å². The molecule has 1 saturated heterocycles. The molecule has 0 radical (unpaired) electrons. The topological polar surface area (TPSA) is 81.3 Å². The molecule has 2 heterocycles. The van der Waals surface area contributed by atoms with Gasteiger partial charge in [0.1, 0.15) is 0 Å². The van der Waals surface area contributed by atoms with Crippen LogP contribution in [-0.4, -0.2) is 42.4 Å². The molecule has 0 aliphatic carbocycles. The molecule has 0 spiro atoms. The molecule has 1 aromatic heterocycles. The number of hydrogen-bond donors (Lipinski definition) is 1. The van der Waals surface area contributed by atoms with E-state index in [0.29, 0.717) is 13.2 Å². The molecule has 15 heavy (non-hydrogen) atoms. The Balaban J connectivity index is 2.11. The van der Waals surface area contributed by atoms with Gasteiger partial charge in [-0.3, -0.25) is 4.79 Å². The highest BCUT2D eigenvalue weighted by Gasteiger charge is 2.13. The molecule has 1 fully saturated rings. The van der Waals surface area contributed by atoms with Gasteiger partial charge in [-0.1, -0.05) is 0 Å². The summed E-state index contributed by atoms with van der Waals surface area (Å²) in [5.74, 6) is 0.194. The van der Waals surface area contributed by atoms with Crippen LogP contribution in [0.4, 0.5) is 5.82 Å². The van der Waals surface area contributed by atoms with Crippen LogP contribution < -0.4 is 10.6 Å². The van der Waals surface area contributed by atoms with Crippen molar-refractivity contribution in [3.63, 3.8) is 0 Å². The van der Waals surface area contributed by atoms with Crippen molar-refractivity contribution in [1.29, 1.82) is 0 Å². The van der Waals surface area contributed by atoms with Crippen LogP contribution in [0.1, 0.15) is 10.5 Å². The SMILES string of the molecule is NC(=O)c1ccc(N2CCOCC2)nn1. The summed E-state index contributed by atoms with van der Waals surface area (Å²) >= 11 is 0. The number of primary amides is 1. The summed E-state index contributed by atoms with van der Waals surface area (Å²) in [7, 11) is 0. The minimum absolute atomic E-state index is 0.187. The predicted molar refractivity (Wildman–Crippen MR) is 53.6 cm³/mol. The third-order valence-corrected chi connectivity index (χ3v) is 2.24. The Labute approximate surface area is 87.0 Å². The van der Waals surface area contributed by atoms with Gasteiger partial charge in [0.2, 0.25) is 0 Å². The number of amides is 1. The zero-order valence-corrected chi connectivity index (χ0v) is 8.22. The minimum atomic E-state index is -0.559. The molecule has 0 atom stereocenters. The molecule has 80 valence electrons. The fraction of sp³-hybridized carbons (Fsp3) is 0.444. The van der Waals surface area contributed by atoms with Crippen molar-refractivity contribution < 1.29 is 9.53 Å². The zero-order valence-electron chi connectivity index (χ0n) is 8.22. The molecule has 0 aromatic carbocycles. The maximum Gasteiger partial charge on any atom is 0.269 e. The second kappa shape index (κ2) is 4.22. The van der Waals surface area contributed by atoms with Crippen LogP contribution in [-0.2, 0) is 4.74 Å². The monoisotopic (exact) mass is 208 g/mol. The first-order chi connectivity index (χ1) is 7.27. The number of anilines is 1. The third kappa shape index (κ3) is 2.21. The highest BCUT2D eigenvalue weighted by Crippen LogP contribution is 2.10. The molecule has 0 saturated carbocycles. The van der Waals surface area contributed by atoms with Crippen molar-refractivity contribution in [1.82, 2.24) is 10.2 Å². The Morgan fingerprint density at radius 1 is 1.33 bits per heavy atom. The van der Waals surface area contributed by atoms with E-state index in [0.717, 1.165) is 18.9 Å². The molecule has 6 nitrogen and oxygen atoms in total. The van der Waals surface area contributed by atoms with E-state index in [1.54, 1.807) is 12.1 Å². The quantitative estimate of drug-likeness (QED) is 0.702. The van der Waals surface area contributed by atoms with Gasteiger partial charge in [0.15, 0.2) is 11.5 Å². The average molecular weight is 208 g/mol. The maximum absolute atomic E-state index is 10.8. The van der Waals surface area contributed by atoms with Crippen molar-refractivity contribution in [2.24, 2.45) is 5.73 Å². The minimum Gasteiger partial charge on any atom is -0.378 e. The fourth-order valence-corrected chi connectivity index (χ4v) is 1.42. The number of rotatable bonds is 2. The summed E-state index contributed by atoms with van der Waals surface area (Å²) in [5, 5.41) is 7.69. The van der Waals surface area contributed by atoms with Crippen LogP contribution in [0, 0.1) is 0 Å². The highest BCUT2D eigenvalue weighted by molar-refractivity contribution is 5.90. The van der Waals surface area contributed by atoms with Crippen LogP contribution in [0.5, 0.6) is 0 Å².